The van der Waals surface area contributed by atoms with Crippen molar-refractivity contribution in [3.8, 4) is 5.75 Å². The number of carbonyl (C=O) groups is 1. The number of aryl methyl sites for hydroxylation is 1. The Morgan fingerprint density at radius 3 is 2.95 bits per heavy atom. The van der Waals surface area contributed by atoms with Crippen molar-refractivity contribution >= 4 is 5.91 Å². The van der Waals surface area contributed by atoms with Crippen molar-refractivity contribution < 1.29 is 14.3 Å². The number of amides is 1. The Labute approximate surface area is 126 Å². The molecule has 0 saturated carbocycles. The van der Waals surface area contributed by atoms with Crippen LogP contribution in [0.1, 0.15) is 11.1 Å². The third kappa shape index (κ3) is 6.42. The maximum Gasteiger partial charge on any atom is 0.258 e. The monoisotopic (exact) mass is 292 g/mol. The predicted molar refractivity (Wildman–Crippen MR) is 83.5 cm³/mol. The minimum atomic E-state index is -0.156. The standard InChI is InChI=1S/C16H24N2O3/c1-4-8-18-15(19)12-21-16-13(2)6-5-7-14(16)11-17-9-10-20-3/h4-7,17H,1,8-12H2,2-3H3,(H,18,19). The number of nitrogens with one attached hydrogen (secondary N) is 2. The molecule has 0 radical (unpaired) electrons. The summed E-state index contributed by atoms with van der Waals surface area (Å²) >= 11 is 0. The van der Waals surface area contributed by atoms with Crippen LogP contribution in [0.5, 0.6) is 5.75 Å². The van der Waals surface area contributed by atoms with Crippen LogP contribution in [0.15, 0.2) is 30.9 Å². The van der Waals surface area contributed by atoms with E-state index < -0.39 is 0 Å². The van der Waals surface area contributed by atoms with Crippen LogP contribution in [-0.4, -0.2) is 39.3 Å². The van der Waals surface area contributed by atoms with E-state index in [4.69, 9.17) is 9.47 Å². The molecule has 0 bridgehead atoms. The molecule has 2 N–H and O–H groups in total. The van der Waals surface area contributed by atoms with Gasteiger partial charge in [-0.2, -0.15) is 0 Å². The molecular weight excluding hydrogens is 268 g/mol. The van der Waals surface area contributed by atoms with Gasteiger partial charge in [0.1, 0.15) is 5.75 Å². The van der Waals surface area contributed by atoms with E-state index in [1.54, 1.807) is 13.2 Å². The molecule has 0 heterocycles. The molecule has 0 aliphatic rings. The summed E-state index contributed by atoms with van der Waals surface area (Å²) in [6, 6.07) is 5.94. The minimum Gasteiger partial charge on any atom is -0.483 e. The highest BCUT2D eigenvalue weighted by atomic mass is 16.5. The van der Waals surface area contributed by atoms with Gasteiger partial charge < -0.3 is 20.1 Å². The third-order valence-corrected chi connectivity index (χ3v) is 2.88. The van der Waals surface area contributed by atoms with Gasteiger partial charge in [0.2, 0.25) is 0 Å². The Morgan fingerprint density at radius 1 is 1.43 bits per heavy atom. The van der Waals surface area contributed by atoms with Crippen molar-refractivity contribution in [3.05, 3.63) is 42.0 Å². The minimum absolute atomic E-state index is 0.00373. The second-order valence-corrected chi connectivity index (χ2v) is 4.61. The van der Waals surface area contributed by atoms with Gasteiger partial charge in [-0.3, -0.25) is 4.79 Å². The zero-order valence-corrected chi connectivity index (χ0v) is 12.8. The summed E-state index contributed by atoms with van der Waals surface area (Å²) in [4.78, 5) is 11.6. The summed E-state index contributed by atoms with van der Waals surface area (Å²) in [6.45, 7) is 8.07. The Kier molecular flexibility index (Phi) is 8.16. The summed E-state index contributed by atoms with van der Waals surface area (Å²) in [5, 5.41) is 5.96. The molecule has 5 nitrogen and oxygen atoms in total. The predicted octanol–water partition coefficient (Wildman–Crippen LogP) is 1.41. The Balaban J connectivity index is 2.58. The molecule has 0 aromatic heterocycles. The van der Waals surface area contributed by atoms with Crippen LogP contribution in [0.25, 0.3) is 0 Å². The van der Waals surface area contributed by atoms with E-state index in [0.29, 0.717) is 19.7 Å². The van der Waals surface area contributed by atoms with E-state index in [1.165, 1.54) is 0 Å². The lowest BCUT2D eigenvalue weighted by Gasteiger charge is -2.14. The highest BCUT2D eigenvalue weighted by Crippen LogP contribution is 2.23. The second-order valence-electron chi connectivity index (χ2n) is 4.61. The molecule has 1 amide bonds. The number of hydrogen-bond acceptors (Lipinski definition) is 4. The van der Waals surface area contributed by atoms with Gasteiger partial charge in [0, 0.05) is 32.3 Å². The largest absolute Gasteiger partial charge is 0.483 e. The van der Waals surface area contributed by atoms with Crippen LogP contribution in [0.3, 0.4) is 0 Å². The van der Waals surface area contributed by atoms with Gasteiger partial charge in [-0.05, 0) is 12.5 Å². The summed E-state index contributed by atoms with van der Waals surface area (Å²) in [7, 11) is 1.67. The van der Waals surface area contributed by atoms with Gasteiger partial charge in [-0.25, -0.2) is 0 Å². The van der Waals surface area contributed by atoms with Crippen molar-refractivity contribution in [1.29, 1.82) is 0 Å². The molecule has 0 fully saturated rings. The maximum atomic E-state index is 11.6. The SMILES string of the molecule is C=CCNC(=O)COc1c(C)cccc1CNCCOC. The molecule has 1 aromatic rings. The highest BCUT2D eigenvalue weighted by Gasteiger charge is 2.09. The molecule has 0 aliphatic carbocycles. The topological polar surface area (TPSA) is 59.6 Å². The van der Waals surface area contributed by atoms with Gasteiger partial charge in [0.25, 0.3) is 5.91 Å². The van der Waals surface area contributed by atoms with Crippen LogP contribution < -0.4 is 15.4 Å². The lowest BCUT2D eigenvalue weighted by molar-refractivity contribution is -0.122. The summed E-state index contributed by atoms with van der Waals surface area (Å²) in [6.07, 6.45) is 1.64. The van der Waals surface area contributed by atoms with Crippen molar-refractivity contribution in [3.63, 3.8) is 0 Å². The normalized spacial score (nSPS) is 10.2. The zero-order valence-electron chi connectivity index (χ0n) is 12.8. The van der Waals surface area contributed by atoms with E-state index in [1.807, 2.05) is 25.1 Å². The number of para-hydroxylation sites is 1. The maximum absolute atomic E-state index is 11.6. The van der Waals surface area contributed by atoms with Crippen LogP contribution >= 0.6 is 0 Å². The van der Waals surface area contributed by atoms with E-state index in [9.17, 15) is 4.79 Å². The fourth-order valence-corrected chi connectivity index (χ4v) is 1.83. The number of ether oxygens (including phenoxy) is 2. The first-order valence-corrected chi connectivity index (χ1v) is 6.97. The first kappa shape index (κ1) is 17.2. The van der Waals surface area contributed by atoms with Gasteiger partial charge in [-0.1, -0.05) is 24.3 Å². The average Bonchev–Trinajstić information content (AvgIpc) is 2.48. The van der Waals surface area contributed by atoms with Crippen molar-refractivity contribution in [1.82, 2.24) is 10.6 Å². The molecule has 0 aliphatic heterocycles. The summed E-state index contributed by atoms with van der Waals surface area (Å²) < 4.78 is 10.7. The molecule has 116 valence electrons. The Bertz CT molecular complexity index is 461. The van der Waals surface area contributed by atoms with Gasteiger partial charge in [0.15, 0.2) is 6.61 Å². The van der Waals surface area contributed by atoms with Gasteiger partial charge >= 0.3 is 0 Å². The van der Waals surface area contributed by atoms with E-state index in [2.05, 4.69) is 17.2 Å². The lowest BCUT2D eigenvalue weighted by Crippen LogP contribution is -2.29. The van der Waals surface area contributed by atoms with Crippen molar-refractivity contribution in [2.45, 2.75) is 13.5 Å². The summed E-state index contributed by atoms with van der Waals surface area (Å²) in [5.41, 5.74) is 2.04. The summed E-state index contributed by atoms with van der Waals surface area (Å²) in [5.74, 6) is 0.604. The van der Waals surface area contributed by atoms with Gasteiger partial charge in [-0.15, -0.1) is 6.58 Å². The number of hydrogen-bond donors (Lipinski definition) is 2. The molecule has 1 aromatic carbocycles. The number of carbonyl (C=O) groups excluding carboxylic acids is 1. The second kappa shape index (κ2) is 9.96. The quantitative estimate of drug-likeness (QED) is 0.506. The van der Waals surface area contributed by atoms with E-state index in [-0.39, 0.29) is 12.5 Å². The van der Waals surface area contributed by atoms with E-state index in [0.717, 1.165) is 23.4 Å². The fourth-order valence-electron chi connectivity index (χ4n) is 1.83. The van der Waals surface area contributed by atoms with Crippen LogP contribution in [0.2, 0.25) is 0 Å². The van der Waals surface area contributed by atoms with Crippen LogP contribution in [0.4, 0.5) is 0 Å². The Morgan fingerprint density at radius 2 is 2.24 bits per heavy atom. The fraction of sp³-hybridized carbons (Fsp3) is 0.438. The third-order valence-electron chi connectivity index (χ3n) is 2.88. The van der Waals surface area contributed by atoms with Crippen molar-refractivity contribution in [2.24, 2.45) is 0 Å². The average molecular weight is 292 g/mol. The first-order chi connectivity index (χ1) is 10.2. The molecule has 5 heteroatoms. The number of methoxy groups -OCH3 is 1. The number of rotatable bonds is 10. The number of benzene rings is 1. The van der Waals surface area contributed by atoms with Gasteiger partial charge in [0.05, 0.1) is 6.61 Å². The molecular formula is C16H24N2O3. The molecule has 0 saturated heterocycles. The Hall–Kier alpha value is -1.85. The molecule has 21 heavy (non-hydrogen) atoms. The molecule has 1 rings (SSSR count). The molecule has 0 atom stereocenters. The first-order valence-electron chi connectivity index (χ1n) is 6.97. The zero-order chi connectivity index (χ0) is 15.5. The van der Waals surface area contributed by atoms with Crippen molar-refractivity contribution in [2.75, 3.05) is 33.4 Å². The van der Waals surface area contributed by atoms with Crippen LogP contribution in [0, 0.1) is 6.92 Å². The molecule has 0 unspecified atom stereocenters. The lowest BCUT2D eigenvalue weighted by atomic mass is 10.1. The molecule has 0 spiro atoms. The van der Waals surface area contributed by atoms with Crippen LogP contribution in [-0.2, 0) is 16.1 Å². The highest BCUT2D eigenvalue weighted by molar-refractivity contribution is 5.77. The smallest absolute Gasteiger partial charge is 0.258 e. The van der Waals surface area contributed by atoms with E-state index >= 15 is 0 Å².